The lowest BCUT2D eigenvalue weighted by atomic mass is 9.97. The van der Waals surface area contributed by atoms with Crippen LogP contribution in [0.1, 0.15) is 13.3 Å². The minimum absolute atomic E-state index is 0.167. The van der Waals surface area contributed by atoms with Gasteiger partial charge in [-0.15, -0.1) is 0 Å². The van der Waals surface area contributed by atoms with Crippen LogP contribution in [0.15, 0.2) is 23.4 Å². The van der Waals surface area contributed by atoms with Crippen molar-refractivity contribution in [1.82, 2.24) is 15.0 Å². The van der Waals surface area contributed by atoms with Crippen molar-refractivity contribution in [2.24, 2.45) is 5.92 Å². The van der Waals surface area contributed by atoms with Crippen LogP contribution in [0, 0.1) is 11.7 Å². The van der Waals surface area contributed by atoms with Gasteiger partial charge in [-0.3, -0.25) is 0 Å². The largest absolute Gasteiger partial charge is 0.316 e. The number of sulfonamides is 1. The number of rotatable bonds is 3. The summed E-state index contributed by atoms with van der Waals surface area (Å²) in [5.74, 6) is -0.660. The summed E-state index contributed by atoms with van der Waals surface area (Å²) in [5.41, 5.74) is 0. The van der Waals surface area contributed by atoms with Gasteiger partial charge in [0.15, 0.2) is 5.82 Å². The third-order valence-electron chi connectivity index (χ3n) is 3.07. The Kier molecular flexibility index (Phi) is 3.94. The van der Waals surface area contributed by atoms with E-state index in [0.717, 1.165) is 19.2 Å². The summed E-state index contributed by atoms with van der Waals surface area (Å²) in [6.45, 7) is 3.45. The zero-order valence-electron chi connectivity index (χ0n) is 10.1. The molecule has 1 saturated heterocycles. The molecule has 2 unspecified atom stereocenters. The summed E-state index contributed by atoms with van der Waals surface area (Å²) in [4.78, 5) is 3.60. The van der Waals surface area contributed by atoms with Gasteiger partial charge < -0.3 is 5.32 Å². The molecule has 2 rings (SSSR count). The Balaban J connectivity index is 2.19. The molecule has 5 nitrogen and oxygen atoms in total. The van der Waals surface area contributed by atoms with Gasteiger partial charge in [0.25, 0.3) is 10.0 Å². The molecule has 0 aromatic carbocycles. The minimum atomic E-state index is -3.89. The standard InChI is InChI=1S/C11H16FN3O2S/c1-8-7-13-6-4-10(8)15-18(16,17)11-9(12)3-2-5-14-11/h2-3,5,8,10,13,15H,4,6-7H2,1H3. The van der Waals surface area contributed by atoms with Crippen molar-refractivity contribution in [2.45, 2.75) is 24.4 Å². The third kappa shape index (κ3) is 2.85. The van der Waals surface area contributed by atoms with E-state index in [2.05, 4.69) is 15.0 Å². The van der Waals surface area contributed by atoms with E-state index in [4.69, 9.17) is 0 Å². The van der Waals surface area contributed by atoms with Crippen LogP contribution in [0.5, 0.6) is 0 Å². The number of aromatic nitrogens is 1. The Bertz CT molecular complexity index is 521. The van der Waals surface area contributed by atoms with Crippen molar-refractivity contribution in [1.29, 1.82) is 0 Å². The molecule has 0 radical (unpaired) electrons. The van der Waals surface area contributed by atoms with Gasteiger partial charge in [0, 0.05) is 12.2 Å². The Labute approximate surface area is 106 Å². The maximum absolute atomic E-state index is 13.4. The highest BCUT2D eigenvalue weighted by Crippen LogP contribution is 2.16. The van der Waals surface area contributed by atoms with Gasteiger partial charge in [0.1, 0.15) is 0 Å². The summed E-state index contributed by atoms with van der Waals surface area (Å²) in [5, 5.41) is 2.65. The van der Waals surface area contributed by atoms with Crippen molar-refractivity contribution < 1.29 is 12.8 Å². The van der Waals surface area contributed by atoms with E-state index in [1.165, 1.54) is 12.3 Å². The highest BCUT2D eigenvalue weighted by Gasteiger charge is 2.28. The molecule has 100 valence electrons. The fraction of sp³-hybridized carbons (Fsp3) is 0.545. The van der Waals surface area contributed by atoms with Crippen LogP contribution >= 0.6 is 0 Å². The quantitative estimate of drug-likeness (QED) is 0.841. The summed E-state index contributed by atoms with van der Waals surface area (Å²) in [7, 11) is -3.89. The second-order valence-electron chi connectivity index (χ2n) is 4.49. The predicted octanol–water partition coefficient (Wildman–Crippen LogP) is 0.497. The molecule has 0 spiro atoms. The summed E-state index contributed by atoms with van der Waals surface area (Å²) >= 11 is 0. The average molecular weight is 273 g/mol. The molecule has 1 aliphatic heterocycles. The van der Waals surface area contributed by atoms with Gasteiger partial charge in [-0.1, -0.05) is 6.92 Å². The molecule has 1 aliphatic rings. The number of nitrogens with zero attached hydrogens (tertiary/aromatic N) is 1. The number of hydrogen-bond donors (Lipinski definition) is 2. The molecule has 1 fully saturated rings. The first-order chi connectivity index (χ1) is 8.50. The smallest absolute Gasteiger partial charge is 0.261 e. The molecule has 18 heavy (non-hydrogen) atoms. The van der Waals surface area contributed by atoms with Gasteiger partial charge in [0.05, 0.1) is 0 Å². The summed E-state index contributed by atoms with van der Waals surface area (Å²) in [6, 6.07) is 2.27. The van der Waals surface area contributed by atoms with E-state index in [9.17, 15) is 12.8 Å². The maximum Gasteiger partial charge on any atom is 0.261 e. The zero-order valence-corrected chi connectivity index (χ0v) is 10.9. The molecule has 1 aromatic heterocycles. The van der Waals surface area contributed by atoms with E-state index >= 15 is 0 Å². The average Bonchev–Trinajstić information content (AvgIpc) is 2.32. The van der Waals surface area contributed by atoms with Crippen molar-refractivity contribution >= 4 is 10.0 Å². The summed E-state index contributed by atoms with van der Waals surface area (Å²) < 4.78 is 40.0. The zero-order chi connectivity index (χ0) is 13.2. The van der Waals surface area contributed by atoms with Crippen molar-refractivity contribution in [2.75, 3.05) is 13.1 Å². The van der Waals surface area contributed by atoms with E-state index in [0.29, 0.717) is 6.42 Å². The van der Waals surface area contributed by atoms with Crippen molar-refractivity contribution in [3.8, 4) is 0 Å². The number of hydrogen-bond acceptors (Lipinski definition) is 4. The first-order valence-corrected chi connectivity index (χ1v) is 7.32. The predicted molar refractivity (Wildman–Crippen MR) is 65.0 cm³/mol. The third-order valence-corrected chi connectivity index (χ3v) is 4.49. The first kappa shape index (κ1) is 13.4. The number of piperidine rings is 1. The highest BCUT2D eigenvalue weighted by molar-refractivity contribution is 7.89. The van der Waals surface area contributed by atoms with Crippen LogP contribution in [0.3, 0.4) is 0 Å². The lowest BCUT2D eigenvalue weighted by molar-refractivity contribution is 0.327. The Hall–Kier alpha value is -1.05. The minimum Gasteiger partial charge on any atom is -0.316 e. The van der Waals surface area contributed by atoms with Gasteiger partial charge >= 0.3 is 0 Å². The van der Waals surface area contributed by atoms with Crippen molar-refractivity contribution in [3.05, 3.63) is 24.1 Å². The van der Waals surface area contributed by atoms with Gasteiger partial charge in [-0.25, -0.2) is 22.5 Å². The van der Waals surface area contributed by atoms with Crippen molar-refractivity contribution in [3.63, 3.8) is 0 Å². The SMILES string of the molecule is CC1CNCCC1NS(=O)(=O)c1ncccc1F. The lowest BCUT2D eigenvalue weighted by Gasteiger charge is -2.29. The molecule has 2 atom stereocenters. The fourth-order valence-electron chi connectivity index (χ4n) is 2.01. The van der Waals surface area contributed by atoms with Crippen LogP contribution in [0.25, 0.3) is 0 Å². The number of pyridine rings is 1. The van der Waals surface area contributed by atoms with E-state index in [1.54, 1.807) is 0 Å². The van der Waals surface area contributed by atoms with Crippen LogP contribution in [-0.4, -0.2) is 32.5 Å². The van der Waals surface area contributed by atoms with Crippen LogP contribution in [-0.2, 0) is 10.0 Å². The van der Waals surface area contributed by atoms with E-state index < -0.39 is 20.9 Å². The topological polar surface area (TPSA) is 71.1 Å². The molecular weight excluding hydrogens is 257 g/mol. The number of nitrogens with one attached hydrogen (secondary N) is 2. The molecule has 0 aliphatic carbocycles. The molecule has 2 heterocycles. The molecular formula is C11H16FN3O2S. The van der Waals surface area contributed by atoms with E-state index in [1.807, 2.05) is 6.92 Å². The lowest BCUT2D eigenvalue weighted by Crippen LogP contribution is -2.48. The Morgan fingerprint density at radius 2 is 2.33 bits per heavy atom. The molecule has 1 aromatic rings. The number of halogens is 1. The monoisotopic (exact) mass is 273 g/mol. The van der Waals surface area contributed by atoms with Gasteiger partial charge in [0.2, 0.25) is 5.03 Å². The second kappa shape index (κ2) is 5.29. The van der Waals surface area contributed by atoms with Gasteiger partial charge in [-0.2, -0.15) is 0 Å². The molecule has 0 saturated carbocycles. The first-order valence-electron chi connectivity index (χ1n) is 5.84. The fourth-order valence-corrected chi connectivity index (χ4v) is 3.40. The van der Waals surface area contributed by atoms with E-state index in [-0.39, 0.29) is 12.0 Å². The van der Waals surface area contributed by atoms with Gasteiger partial charge in [-0.05, 0) is 37.6 Å². The normalized spacial score (nSPS) is 25.0. The van der Waals surface area contributed by atoms with Crippen LogP contribution in [0.2, 0.25) is 0 Å². The molecule has 7 heteroatoms. The maximum atomic E-state index is 13.4. The molecule has 0 bridgehead atoms. The summed E-state index contributed by atoms with van der Waals surface area (Å²) in [6.07, 6.45) is 1.96. The second-order valence-corrected chi connectivity index (χ2v) is 6.12. The molecule has 0 amide bonds. The van der Waals surface area contributed by atoms with Crippen LogP contribution < -0.4 is 10.0 Å². The molecule has 2 N–H and O–H groups in total. The Morgan fingerprint density at radius 3 is 3.00 bits per heavy atom. The Morgan fingerprint density at radius 1 is 1.56 bits per heavy atom. The van der Waals surface area contributed by atoms with Crippen LogP contribution in [0.4, 0.5) is 4.39 Å². The highest BCUT2D eigenvalue weighted by atomic mass is 32.2.